The van der Waals surface area contributed by atoms with Crippen LogP contribution in [-0.4, -0.2) is 55.6 Å². The molecule has 2 fully saturated rings. The van der Waals surface area contributed by atoms with Crippen LogP contribution >= 0.6 is 0 Å². The maximum atomic E-state index is 12.1. The first-order valence-electron chi connectivity index (χ1n) is 7.72. The summed E-state index contributed by atoms with van der Waals surface area (Å²) in [6.45, 7) is 5.56. The Kier molecular flexibility index (Phi) is 4.29. The van der Waals surface area contributed by atoms with Gasteiger partial charge in [0.1, 0.15) is 6.04 Å². The van der Waals surface area contributed by atoms with Gasteiger partial charge in [0.25, 0.3) is 5.91 Å². The molecule has 0 unspecified atom stereocenters. The van der Waals surface area contributed by atoms with E-state index in [-0.39, 0.29) is 18.2 Å². The number of anilines is 2. The Morgan fingerprint density at radius 1 is 1.18 bits per heavy atom. The van der Waals surface area contributed by atoms with Crippen LogP contribution in [0.25, 0.3) is 0 Å². The first kappa shape index (κ1) is 14.8. The van der Waals surface area contributed by atoms with Crippen LogP contribution < -0.4 is 10.2 Å². The summed E-state index contributed by atoms with van der Waals surface area (Å²) in [5.41, 5.74) is 2.01. The molecule has 0 spiro atoms. The summed E-state index contributed by atoms with van der Waals surface area (Å²) in [6.07, 6.45) is 0.234. The highest BCUT2D eigenvalue weighted by molar-refractivity contribution is 6.06. The Balaban J connectivity index is 1.64. The van der Waals surface area contributed by atoms with Crippen molar-refractivity contribution >= 4 is 23.2 Å². The average Bonchev–Trinajstić information content (AvgIpc) is 2.82. The van der Waals surface area contributed by atoms with Crippen molar-refractivity contribution in [2.24, 2.45) is 0 Å². The molecule has 118 valence electrons. The molecule has 6 heteroatoms. The second-order valence-electron chi connectivity index (χ2n) is 5.52. The number of hydrogen-bond donors (Lipinski definition) is 1. The maximum absolute atomic E-state index is 12.1. The SMILES string of the molecule is CCN1C(=O)C[C@H](Nc2ccc(N3CCOCC3)cc2)C1=O. The van der Waals surface area contributed by atoms with Gasteiger partial charge in [-0.05, 0) is 31.2 Å². The predicted molar refractivity (Wildman–Crippen MR) is 83.9 cm³/mol. The van der Waals surface area contributed by atoms with Crippen LogP contribution in [0.5, 0.6) is 0 Å². The molecule has 2 saturated heterocycles. The van der Waals surface area contributed by atoms with Crippen LogP contribution in [0.15, 0.2) is 24.3 Å². The minimum atomic E-state index is -0.443. The number of ether oxygens (including phenoxy) is 1. The van der Waals surface area contributed by atoms with Gasteiger partial charge >= 0.3 is 0 Å². The molecule has 1 aromatic rings. The number of rotatable bonds is 4. The molecule has 6 nitrogen and oxygen atoms in total. The summed E-state index contributed by atoms with van der Waals surface area (Å²) >= 11 is 0. The normalized spacial score (nSPS) is 22.3. The van der Waals surface area contributed by atoms with Gasteiger partial charge in [0.05, 0.1) is 19.6 Å². The Hall–Kier alpha value is -2.08. The van der Waals surface area contributed by atoms with Crippen LogP contribution in [0.4, 0.5) is 11.4 Å². The minimum absolute atomic E-state index is 0.102. The number of amides is 2. The van der Waals surface area contributed by atoms with E-state index in [1.165, 1.54) is 4.90 Å². The van der Waals surface area contributed by atoms with Crippen molar-refractivity contribution in [1.82, 2.24) is 4.90 Å². The Morgan fingerprint density at radius 2 is 1.86 bits per heavy atom. The summed E-state index contributed by atoms with van der Waals surface area (Å²) in [4.78, 5) is 27.4. The number of likely N-dealkylation sites (N-methyl/N-ethyl adjacent to an activating group) is 1. The minimum Gasteiger partial charge on any atom is -0.378 e. The van der Waals surface area contributed by atoms with Gasteiger partial charge in [-0.2, -0.15) is 0 Å². The van der Waals surface area contributed by atoms with E-state index in [1.54, 1.807) is 0 Å². The third-order valence-corrected chi connectivity index (χ3v) is 4.14. The summed E-state index contributed by atoms with van der Waals surface area (Å²) < 4.78 is 5.35. The van der Waals surface area contributed by atoms with Gasteiger partial charge in [-0.1, -0.05) is 0 Å². The van der Waals surface area contributed by atoms with Crippen molar-refractivity contribution in [2.75, 3.05) is 43.1 Å². The maximum Gasteiger partial charge on any atom is 0.252 e. The average molecular weight is 303 g/mol. The molecule has 0 saturated carbocycles. The lowest BCUT2D eigenvalue weighted by molar-refractivity contribution is -0.138. The van der Waals surface area contributed by atoms with Gasteiger partial charge in [0, 0.05) is 31.0 Å². The summed E-state index contributed by atoms with van der Waals surface area (Å²) in [6, 6.07) is 7.54. The summed E-state index contributed by atoms with van der Waals surface area (Å²) in [5, 5.41) is 3.16. The molecule has 2 heterocycles. The molecule has 1 aromatic carbocycles. The number of nitrogens with zero attached hydrogens (tertiary/aromatic N) is 2. The molecular weight excluding hydrogens is 282 g/mol. The quantitative estimate of drug-likeness (QED) is 0.844. The number of likely N-dealkylation sites (tertiary alicyclic amines) is 1. The van der Waals surface area contributed by atoms with Gasteiger partial charge in [-0.25, -0.2) is 0 Å². The van der Waals surface area contributed by atoms with E-state index in [0.29, 0.717) is 6.54 Å². The Labute approximate surface area is 130 Å². The highest BCUT2D eigenvalue weighted by Gasteiger charge is 2.37. The van der Waals surface area contributed by atoms with Crippen LogP contribution in [0.2, 0.25) is 0 Å². The molecule has 22 heavy (non-hydrogen) atoms. The van der Waals surface area contributed by atoms with Crippen molar-refractivity contribution in [2.45, 2.75) is 19.4 Å². The van der Waals surface area contributed by atoms with E-state index in [0.717, 1.165) is 37.7 Å². The van der Waals surface area contributed by atoms with Crippen LogP contribution in [0, 0.1) is 0 Å². The van der Waals surface area contributed by atoms with E-state index < -0.39 is 6.04 Å². The van der Waals surface area contributed by atoms with Gasteiger partial charge in [0.2, 0.25) is 5.91 Å². The molecule has 2 aliphatic rings. The van der Waals surface area contributed by atoms with Gasteiger partial charge in [0.15, 0.2) is 0 Å². The van der Waals surface area contributed by atoms with Gasteiger partial charge in [-0.3, -0.25) is 14.5 Å². The molecule has 0 radical (unpaired) electrons. The number of benzene rings is 1. The highest BCUT2D eigenvalue weighted by Crippen LogP contribution is 2.22. The fourth-order valence-corrected chi connectivity index (χ4v) is 2.92. The Bertz CT molecular complexity index is 552. The topological polar surface area (TPSA) is 61.9 Å². The molecule has 0 bridgehead atoms. The molecule has 3 rings (SSSR count). The number of imide groups is 1. The van der Waals surface area contributed by atoms with Crippen LogP contribution in [0.3, 0.4) is 0 Å². The zero-order valence-corrected chi connectivity index (χ0v) is 12.7. The van der Waals surface area contributed by atoms with Crippen molar-refractivity contribution in [3.63, 3.8) is 0 Å². The van der Waals surface area contributed by atoms with Gasteiger partial charge in [-0.15, -0.1) is 0 Å². The lowest BCUT2D eigenvalue weighted by Gasteiger charge is -2.29. The van der Waals surface area contributed by atoms with E-state index in [2.05, 4.69) is 10.2 Å². The largest absolute Gasteiger partial charge is 0.378 e. The second-order valence-corrected chi connectivity index (χ2v) is 5.52. The number of hydrogen-bond acceptors (Lipinski definition) is 5. The summed E-state index contributed by atoms with van der Waals surface area (Å²) in [7, 11) is 0. The first-order chi connectivity index (χ1) is 10.7. The van der Waals surface area contributed by atoms with E-state index in [4.69, 9.17) is 4.74 Å². The standard InChI is InChI=1S/C16H21N3O3/c1-2-19-15(20)11-14(16(19)21)17-12-3-5-13(6-4-12)18-7-9-22-10-8-18/h3-6,14,17H,2,7-11H2,1H3/t14-/m0/s1. The molecule has 0 aromatic heterocycles. The smallest absolute Gasteiger partial charge is 0.252 e. The zero-order valence-electron chi connectivity index (χ0n) is 12.7. The molecule has 2 amide bonds. The Morgan fingerprint density at radius 3 is 2.45 bits per heavy atom. The highest BCUT2D eigenvalue weighted by atomic mass is 16.5. The second kappa shape index (κ2) is 6.36. The molecule has 0 aliphatic carbocycles. The number of nitrogens with one attached hydrogen (secondary N) is 1. The fraction of sp³-hybridized carbons (Fsp3) is 0.500. The predicted octanol–water partition coefficient (Wildman–Crippen LogP) is 1.08. The molecule has 1 N–H and O–H groups in total. The third kappa shape index (κ3) is 2.92. The monoisotopic (exact) mass is 303 g/mol. The number of morpholine rings is 1. The lowest BCUT2D eigenvalue weighted by atomic mass is 10.2. The third-order valence-electron chi connectivity index (χ3n) is 4.14. The number of carbonyl (C=O) groups is 2. The van der Waals surface area contributed by atoms with Crippen molar-refractivity contribution in [3.8, 4) is 0 Å². The first-order valence-corrected chi connectivity index (χ1v) is 7.72. The van der Waals surface area contributed by atoms with E-state index in [1.807, 2.05) is 31.2 Å². The molecule has 1 atom stereocenters. The van der Waals surface area contributed by atoms with E-state index in [9.17, 15) is 9.59 Å². The summed E-state index contributed by atoms with van der Waals surface area (Å²) in [5.74, 6) is -0.236. The molecular formula is C16H21N3O3. The van der Waals surface area contributed by atoms with Crippen molar-refractivity contribution in [1.29, 1.82) is 0 Å². The van der Waals surface area contributed by atoms with Crippen LogP contribution in [-0.2, 0) is 14.3 Å². The van der Waals surface area contributed by atoms with Crippen molar-refractivity contribution in [3.05, 3.63) is 24.3 Å². The zero-order chi connectivity index (χ0) is 15.5. The van der Waals surface area contributed by atoms with E-state index >= 15 is 0 Å². The van der Waals surface area contributed by atoms with Gasteiger partial charge < -0.3 is 15.0 Å². The number of carbonyl (C=O) groups excluding carboxylic acids is 2. The van der Waals surface area contributed by atoms with Crippen molar-refractivity contribution < 1.29 is 14.3 Å². The van der Waals surface area contributed by atoms with Crippen LogP contribution in [0.1, 0.15) is 13.3 Å². The lowest BCUT2D eigenvalue weighted by Crippen LogP contribution is -2.36. The molecule has 2 aliphatic heterocycles. The fourth-order valence-electron chi connectivity index (χ4n) is 2.92.